The lowest BCUT2D eigenvalue weighted by molar-refractivity contribution is -0.134. The average Bonchev–Trinajstić information content (AvgIpc) is 2.92. The summed E-state index contributed by atoms with van der Waals surface area (Å²) in [7, 11) is 13.3. The molecule has 0 saturated heterocycles. The molecule has 1 saturated carbocycles. The maximum absolute atomic E-state index is 13.3. The number of thioether (sulfide) groups is 2. The van der Waals surface area contributed by atoms with E-state index in [2.05, 4.69) is 31.4 Å². The van der Waals surface area contributed by atoms with E-state index in [1.807, 2.05) is 20.8 Å². The van der Waals surface area contributed by atoms with E-state index >= 15 is 0 Å². The molecule has 14 heteroatoms. The van der Waals surface area contributed by atoms with Crippen molar-refractivity contribution in [3.05, 3.63) is 0 Å². The van der Waals surface area contributed by atoms with Crippen LogP contribution in [-0.4, -0.2) is 105 Å². The third-order valence-electron chi connectivity index (χ3n) is 8.33. The second-order valence-electron chi connectivity index (χ2n) is 14.4. The molecule has 0 aromatic heterocycles. The van der Waals surface area contributed by atoms with Gasteiger partial charge in [0.25, 0.3) is 0 Å². The van der Waals surface area contributed by atoms with E-state index in [-0.39, 0.29) is 41.2 Å². The summed E-state index contributed by atoms with van der Waals surface area (Å²) in [6.45, 7) is 17.4. The van der Waals surface area contributed by atoms with Crippen LogP contribution in [0.5, 0.6) is 0 Å². The standard InChI is InChI=1S/C30H53B4N3O5S2/c1-10-29(7,8)37-20(25(40)34-32)18-44-22-12-11-21(22)43-17-19(24(39)33-31)36-26(41)28(5,6)15-16-42-30(9,35)14-13-23(38)27(2,3)4/h19-22,37H,10-18,35H2,1-9H3,(H,36,41). The molecule has 44 heavy (non-hydrogen) atoms. The number of carbonyl (C=O) groups excluding carboxylic acids is 4. The van der Waals surface area contributed by atoms with Gasteiger partial charge in [-0.15, -0.1) is 0 Å². The molecule has 1 fully saturated rings. The summed E-state index contributed by atoms with van der Waals surface area (Å²) in [5.41, 5.74) is 3.38. The lowest BCUT2D eigenvalue weighted by Gasteiger charge is -2.38. The molecule has 0 aromatic carbocycles. The van der Waals surface area contributed by atoms with Crippen LogP contribution in [0.3, 0.4) is 0 Å². The van der Waals surface area contributed by atoms with Crippen LogP contribution in [0.15, 0.2) is 0 Å². The number of amides is 1. The number of rotatable bonds is 22. The van der Waals surface area contributed by atoms with Gasteiger partial charge in [-0.3, -0.25) is 9.59 Å². The number of ketones is 1. The Hall–Kier alpha value is -0.680. The molecular formula is C30H53B4N3O5S2. The Morgan fingerprint density at radius 1 is 0.886 bits per heavy atom. The van der Waals surface area contributed by atoms with Gasteiger partial charge in [-0.25, -0.2) is 0 Å². The van der Waals surface area contributed by atoms with Gasteiger partial charge < -0.3 is 30.7 Å². The number of hydrogen-bond donors (Lipinski definition) is 3. The van der Waals surface area contributed by atoms with Crippen LogP contribution in [0, 0.1) is 10.8 Å². The van der Waals surface area contributed by atoms with Gasteiger partial charge in [0.2, 0.25) is 5.91 Å². The van der Waals surface area contributed by atoms with Crippen molar-refractivity contribution in [3.8, 4) is 0 Å². The van der Waals surface area contributed by atoms with Gasteiger partial charge in [0.05, 0.1) is 23.4 Å². The Morgan fingerprint density at radius 2 is 1.39 bits per heavy atom. The van der Waals surface area contributed by atoms with Crippen molar-refractivity contribution in [1.82, 2.24) is 10.6 Å². The first-order valence-corrected chi connectivity index (χ1v) is 17.7. The van der Waals surface area contributed by atoms with E-state index in [1.165, 1.54) is 0 Å². The zero-order chi connectivity index (χ0) is 33.9. The van der Waals surface area contributed by atoms with Gasteiger partial charge in [-0.1, -0.05) is 41.5 Å². The summed E-state index contributed by atoms with van der Waals surface area (Å²) < 4.78 is 5.87. The van der Waals surface area contributed by atoms with Crippen molar-refractivity contribution >= 4 is 76.4 Å². The third-order valence-corrected chi connectivity index (χ3v) is 11.5. The summed E-state index contributed by atoms with van der Waals surface area (Å²) in [6.07, 6.45) is 3.98. The van der Waals surface area contributed by atoms with Crippen molar-refractivity contribution in [3.63, 3.8) is 0 Å². The van der Waals surface area contributed by atoms with E-state index in [0.717, 1.165) is 33.6 Å². The zero-order valence-electron chi connectivity index (χ0n) is 28.4. The highest BCUT2D eigenvalue weighted by molar-refractivity contribution is 8.04. The van der Waals surface area contributed by atoms with Gasteiger partial charge >= 0.3 is 0 Å². The van der Waals surface area contributed by atoms with E-state index in [4.69, 9.17) is 25.9 Å². The summed E-state index contributed by atoms with van der Waals surface area (Å²) in [4.78, 5) is 50.6. The van der Waals surface area contributed by atoms with Gasteiger partial charge in [-0.05, 0) is 52.9 Å². The maximum atomic E-state index is 13.3. The first-order valence-electron chi connectivity index (χ1n) is 15.6. The fraction of sp³-hybridized carbons (Fsp3) is 0.867. The van der Waals surface area contributed by atoms with Crippen LogP contribution >= 0.6 is 23.5 Å². The van der Waals surface area contributed by atoms with E-state index in [1.54, 1.807) is 44.3 Å². The molecule has 1 aliphatic rings. The monoisotopic (exact) mass is 643 g/mol. The topological polar surface area (TPSA) is 128 Å². The molecule has 5 atom stereocenters. The summed E-state index contributed by atoms with van der Waals surface area (Å²) >= 11 is 3.40. The van der Waals surface area contributed by atoms with Crippen LogP contribution in [0.25, 0.3) is 0 Å². The molecule has 5 unspecified atom stereocenters. The first kappa shape index (κ1) is 41.3. The minimum absolute atomic E-state index is 0.117. The highest BCUT2D eigenvalue weighted by Gasteiger charge is 2.36. The van der Waals surface area contributed by atoms with Crippen molar-refractivity contribution in [1.29, 1.82) is 0 Å². The highest BCUT2D eigenvalue weighted by Crippen LogP contribution is 2.41. The van der Waals surface area contributed by atoms with Crippen LogP contribution in [0.1, 0.15) is 101 Å². The second-order valence-corrected chi connectivity index (χ2v) is 16.9. The Kier molecular flexibility index (Phi) is 16.9. The largest absolute Gasteiger partial charge is 0.361 e. The maximum Gasteiger partial charge on any atom is 0.226 e. The quantitative estimate of drug-likeness (QED) is 0.121. The van der Waals surface area contributed by atoms with Gasteiger partial charge in [0.1, 0.15) is 25.8 Å². The average molecular weight is 643 g/mol. The second kappa shape index (κ2) is 18.0. The molecule has 0 aromatic rings. The van der Waals surface area contributed by atoms with Gasteiger partial charge in [0.15, 0.2) is 0 Å². The van der Waals surface area contributed by atoms with E-state index in [0.29, 0.717) is 41.3 Å². The molecule has 4 N–H and O–H groups in total. The Labute approximate surface area is 279 Å². The summed E-state index contributed by atoms with van der Waals surface area (Å²) in [5.74, 6) is 0.854. The third kappa shape index (κ3) is 14.4. The predicted molar refractivity (Wildman–Crippen MR) is 189 cm³/mol. The number of hydrogen-bond acceptors (Lipinski definition) is 9. The van der Waals surface area contributed by atoms with Crippen LogP contribution in [-0.2, 0) is 23.9 Å². The Morgan fingerprint density at radius 3 is 1.84 bits per heavy atom. The molecule has 6 radical (unpaired) electrons. The highest BCUT2D eigenvalue weighted by atomic mass is 32.2. The molecule has 0 bridgehead atoms. The fourth-order valence-electron chi connectivity index (χ4n) is 4.27. The lowest BCUT2D eigenvalue weighted by atomic mass is 9.51. The van der Waals surface area contributed by atoms with Crippen molar-refractivity contribution in [2.45, 2.75) is 135 Å². The summed E-state index contributed by atoms with van der Waals surface area (Å²) in [5, 5.41) is 6.98. The number of ether oxygens (including phenoxy) is 1. The first-order chi connectivity index (χ1) is 20.2. The fourth-order valence-corrected chi connectivity index (χ4v) is 7.42. The number of nitrogens with one attached hydrogen (secondary N) is 2. The Bertz CT molecular complexity index is 979. The zero-order valence-corrected chi connectivity index (χ0v) is 30.1. The molecular weight excluding hydrogens is 590 g/mol. The molecule has 8 nitrogen and oxygen atoms in total. The van der Waals surface area contributed by atoms with Gasteiger partial charge in [-0.2, -0.15) is 23.5 Å². The Balaban J connectivity index is 2.66. The molecule has 1 amide bonds. The number of nitrogens with two attached hydrogens (primary N) is 1. The van der Waals surface area contributed by atoms with E-state index in [9.17, 15) is 19.2 Å². The SMILES string of the molecule is [B][B]C(=O)C(CSC1CCC1SCC(NC(C)(C)CC)C(=O)[B][B])NC(=O)C(C)(C)CCOC(C)(N)CCC(=O)C(C)(C)C. The lowest BCUT2D eigenvalue weighted by Crippen LogP contribution is -2.52. The van der Waals surface area contributed by atoms with Crippen molar-refractivity contribution in [2.24, 2.45) is 16.6 Å². The molecule has 1 rings (SSSR count). The minimum Gasteiger partial charge on any atom is -0.361 e. The number of carbonyl (C=O) groups is 4. The van der Waals surface area contributed by atoms with Crippen LogP contribution in [0.2, 0.25) is 0 Å². The minimum atomic E-state index is -0.993. The normalized spacial score (nSPS) is 20.0. The number of Topliss-reactive ketones (excluding diaryl/α,β-unsaturated/α-hetero) is 1. The van der Waals surface area contributed by atoms with Crippen molar-refractivity contribution in [2.75, 3.05) is 18.1 Å². The van der Waals surface area contributed by atoms with Gasteiger partial charge in [0, 0.05) is 66.9 Å². The molecule has 0 aliphatic heterocycles. The smallest absolute Gasteiger partial charge is 0.226 e. The molecule has 1 aliphatic carbocycles. The van der Waals surface area contributed by atoms with Crippen LogP contribution in [0.4, 0.5) is 0 Å². The van der Waals surface area contributed by atoms with Crippen LogP contribution < -0.4 is 16.4 Å². The summed E-state index contributed by atoms with van der Waals surface area (Å²) in [6, 6.07) is -1.11. The molecule has 0 spiro atoms. The molecule has 242 valence electrons. The van der Waals surface area contributed by atoms with Crippen molar-refractivity contribution < 1.29 is 23.9 Å². The van der Waals surface area contributed by atoms with E-state index < -0.39 is 22.6 Å². The predicted octanol–water partition coefficient (Wildman–Crippen LogP) is 2.75. The molecule has 0 heterocycles.